The van der Waals surface area contributed by atoms with Gasteiger partial charge in [0.2, 0.25) is 11.7 Å². The largest absolute Gasteiger partial charge is 0.417 e. The highest BCUT2D eigenvalue weighted by Gasteiger charge is 2.15. The Morgan fingerprint density at radius 3 is 2.44 bits per heavy atom. The van der Waals surface area contributed by atoms with Crippen molar-refractivity contribution in [2.45, 2.75) is 6.61 Å². The van der Waals surface area contributed by atoms with Crippen LogP contribution in [0.2, 0.25) is 0 Å². The third-order valence-electron chi connectivity index (χ3n) is 3.71. The number of hydrogen-bond acceptors (Lipinski definition) is 8. The second kappa shape index (κ2) is 7.56. The number of benzene rings is 2. The summed E-state index contributed by atoms with van der Waals surface area (Å²) in [6.45, 7) is 0.0292. The number of oxime groups is 1. The van der Waals surface area contributed by atoms with E-state index in [1.165, 1.54) is 4.68 Å². The zero-order valence-corrected chi connectivity index (χ0v) is 14.4. The molecule has 0 saturated heterocycles. The monoisotopic (exact) mass is 361 g/mol. The summed E-state index contributed by atoms with van der Waals surface area (Å²) in [5.41, 5.74) is 2.17. The zero-order chi connectivity index (χ0) is 18.5. The average molecular weight is 361 g/mol. The van der Waals surface area contributed by atoms with E-state index >= 15 is 0 Å². The maximum Gasteiger partial charge on any atom is 0.257 e. The van der Waals surface area contributed by atoms with Gasteiger partial charge < -0.3 is 9.25 Å². The van der Waals surface area contributed by atoms with Crippen molar-refractivity contribution < 1.29 is 9.25 Å². The van der Waals surface area contributed by atoms with Crippen LogP contribution < -0.4 is 0 Å². The molecule has 0 N–H and O–H groups in total. The maximum atomic E-state index is 5.61. The summed E-state index contributed by atoms with van der Waals surface area (Å²) in [7, 11) is 1.73. The highest BCUT2D eigenvalue weighted by Crippen LogP contribution is 2.17. The molecule has 4 aromatic rings. The normalized spacial score (nSPS) is 11.5. The highest BCUT2D eigenvalue weighted by atomic mass is 16.6. The molecular weight excluding hydrogens is 346 g/mol. The lowest BCUT2D eigenvalue weighted by atomic mass is 10.1. The zero-order valence-electron chi connectivity index (χ0n) is 14.4. The number of aromatic nitrogens is 6. The minimum Gasteiger partial charge on any atom is -0.417 e. The summed E-state index contributed by atoms with van der Waals surface area (Å²) in [5, 5.41) is 23.7. The molecular formula is C18H15N7O2. The molecule has 27 heavy (non-hydrogen) atoms. The first-order valence-electron chi connectivity index (χ1n) is 8.17. The smallest absolute Gasteiger partial charge is 0.257 e. The molecule has 0 aliphatic rings. The lowest BCUT2D eigenvalue weighted by Gasteiger charge is -2.04. The Labute approximate surface area is 154 Å². The Hall–Kier alpha value is -3.88. The van der Waals surface area contributed by atoms with Crippen LogP contribution in [-0.4, -0.2) is 36.1 Å². The molecule has 9 heteroatoms. The van der Waals surface area contributed by atoms with Crippen molar-refractivity contribution >= 4 is 5.71 Å². The molecule has 0 unspecified atom stereocenters. The van der Waals surface area contributed by atoms with Crippen LogP contribution in [0.5, 0.6) is 0 Å². The quantitative estimate of drug-likeness (QED) is 0.383. The van der Waals surface area contributed by atoms with E-state index in [-0.39, 0.29) is 6.61 Å². The molecule has 2 aromatic heterocycles. The van der Waals surface area contributed by atoms with Gasteiger partial charge in [0.05, 0.1) is 0 Å². The van der Waals surface area contributed by atoms with E-state index < -0.39 is 0 Å². The lowest BCUT2D eigenvalue weighted by molar-refractivity contribution is 0.111. The number of nitrogens with zero attached hydrogens (tertiary/aromatic N) is 7. The Morgan fingerprint density at radius 1 is 1.00 bits per heavy atom. The van der Waals surface area contributed by atoms with Crippen LogP contribution in [0.25, 0.3) is 11.5 Å². The van der Waals surface area contributed by atoms with Gasteiger partial charge in [0, 0.05) is 18.2 Å². The van der Waals surface area contributed by atoms with E-state index in [1.54, 1.807) is 7.05 Å². The Kier molecular flexibility index (Phi) is 4.64. The van der Waals surface area contributed by atoms with Crippen molar-refractivity contribution in [3.05, 3.63) is 77.9 Å². The van der Waals surface area contributed by atoms with Crippen LogP contribution in [-0.2, 0) is 18.5 Å². The standard InChI is InChI=1S/C18H15N7O2/c1-25-17(20-23-24-25)16(13-8-4-2-5-9-13)22-26-12-15-19-21-18(27-15)14-10-6-3-7-11-14/h2-11H,12H2,1H3/b22-16-. The molecule has 0 bridgehead atoms. The van der Waals surface area contributed by atoms with E-state index in [1.807, 2.05) is 60.7 Å². The van der Waals surface area contributed by atoms with Crippen LogP contribution in [0.15, 0.2) is 70.2 Å². The van der Waals surface area contributed by atoms with E-state index in [0.29, 0.717) is 23.3 Å². The molecule has 0 aliphatic carbocycles. The van der Waals surface area contributed by atoms with Crippen LogP contribution in [0, 0.1) is 0 Å². The fraction of sp³-hybridized carbons (Fsp3) is 0.111. The molecule has 0 radical (unpaired) electrons. The first kappa shape index (κ1) is 16.6. The number of hydrogen-bond donors (Lipinski definition) is 0. The number of rotatable bonds is 6. The summed E-state index contributed by atoms with van der Waals surface area (Å²) < 4.78 is 7.13. The predicted molar refractivity (Wildman–Crippen MR) is 95.4 cm³/mol. The molecule has 0 fully saturated rings. The Morgan fingerprint density at radius 2 is 1.74 bits per heavy atom. The van der Waals surface area contributed by atoms with Crippen molar-refractivity contribution in [1.29, 1.82) is 0 Å². The summed E-state index contributed by atoms with van der Waals surface area (Å²) >= 11 is 0. The average Bonchev–Trinajstić information content (AvgIpc) is 3.36. The summed E-state index contributed by atoms with van der Waals surface area (Å²) in [4.78, 5) is 5.45. The first-order valence-corrected chi connectivity index (χ1v) is 8.17. The molecule has 134 valence electrons. The number of aryl methyl sites for hydroxylation is 1. The van der Waals surface area contributed by atoms with Gasteiger partial charge in [-0.15, -0.1) is 15.3 Å². The van der Waals surface area contributed by atoms with Gasteiger partial charge in [-0.05, 0) is 22.6 Å². The minimum atomic E-state index is 0.0292. The van der Waals surface area contributed by atoms with Gasteiger partial charge in [0.25, 0.3) is 5.89 Å². The fourth-order valence-corrected chi connectivity index (χ4v) is 2.41. The summed E-state index contributed by atoms with van der Waals surface area (Å²) in [6.07, 6.45) is 0. The maximum absolute atomic E-state index is 5.61. The van der Waals surface area contributed by atoms with Crippen molar-refractivity contribution in [3.8, 4) is 11.5 Å². The molecule has 9 nitrogen and oxygen atoms in total. The lowest BCUT2D eigenvalue weighted by Crippen LogP contribution is -2.12. The first-order chi connectivity index (χ1) is 13.3. The third kappa shape index (κ3) is 3.71. The number of tetrazole rings is 1. The Balaban J connectivity index is 1.53. The van der Waals surface area contributed by atoms with Crippen LogP contribution in [0.1, 0.15) is 17.3 Å². The molecule has 0 aliphatic heterocycles. The molecule has 0 saturated carbocycles. The second-order valence-corrected chi connectivity index (χ2v) is 5.57. The predicted octanol–water partition coefficient (Wildman–Crippen LogP) is 2.23. The van der Waals surface area contributed by atoms with E-state index in [9.17, 15) is 0 Å². The summed E-state index contributed by atoms with van der Waals surface area (Å²) in [5.74, 6) is 1.23. The third-order valence-corrected chi connectivity index (χ3v) is 3.71. The molecule has 4 rings (SSSR count). The van der Waals surface area contributed by atoms with Crippen molar-refractivity contribution in [1.82, 2.24) is 30.4 Å². The van der Waals surface area contributed by atoms with Gasteiger partial charge in [-0.2, -0.15) is 0 Å². The highest BCUT2D eigenvalue weighted by molar-refractivity contribution is 6.10. The van der Waals surface area contributed by atoms with Crippen LogP contribution in [0.3, 0.4) is 0 Å². The van der Waals surface area contributed by atoms with Gasteiger partial charge in [-0.1, -0.05) is 53.7 Å². The van der Waals surface area contributed by atoms with Gasteiger partial charge in [-0.25, -0.2) is 4.68 Å². The van der Waals surface area contributed by atoms with E-state index in [4.69, 9.17) is 9.25 Å². The van der Waals surface area contributed by atoms with Crippen molar-refractivity contribution in [2.24, 2.45) is 12.2 Å². The molecule has 2 heterocycles. The van der Waals surface area contributed by atoms with Crippen LogP contribution >= 0.6 is 0 Å². The van der Waals surface area contributed by atoms with Gasteiger partial charge >= 0.3 is 0 Å². The van der Waals surface area contributed by atoms with Crippen molar-refractivity contribution in [2.75, 3.05) is 0 Å². The SMILES string of the molecule is Cn1nnnc1/C(=N\OCc1nnc(-c2ccccc2)o1)c1ccccc1. The molecule has 2 aromatic carbocycles. The van der Waals surface area contributed by atoms with Gasteiger partial charge in [-0.3, -0.25) is 0 Å². The molecule has 0 atom stereocenters. The van der Waals surface area contributed by atoms with E-state index in [0.717, 1.165) is 11.1 Å². The van der Waals surface area contributed by atoms with Gasteiger partial charge in [0.1, 0.15) is 0 Å². The van der Waals surface area contributed by atoms with Crippen molar-refractivity contribution in [3.63, 3.8) is 0 Å². The van der Waals surface area contributed by atoms with Crippen LogP contribution in [0.4, 0.5) is 0 Å². The Bertz CT molecular complexity index is 1040. The molecule has 0 amide bonds. The topological polar surface area (TPSA) is 104 Å². The van der Waals surface area contributed by atoms with Gasteiger partial charge in [0.15, 0.2) is 12.3 Å². The fourth-order valence-electron chi connectivity index (χ4n) is 2.41. The minimum absolute atomic E-state index is 0.0292. The molecule has 0 spiro atoms. The second-order valence-electron chi connectivity index (χ2n) is 5.57. The summed E-state index contributed by atoms with van der Waals surface area (Å²) in [6, 6.07) is 19.0. The van der Waals surface area contributed by atoms with E-state index in [2.05, 4.69) is 30.9 Å².